The van der Waals surface area contributed by atoms with Gasteiger partial charge in [0, 0.05) is 19.3 Å². The monoisotopic (exact) mass is 313 g/mol. The molecule has 0 saturated carbocycles. The van der Waals surface area contributed by atoms with Gasteiger partial charge < -0.3 is 5.32 Å². The maximum absolute atomic E-state index is 12.2. The van der Waals surface area contributed by atoms with Crippen LogP contribution in [0.15, 0.2) is 18.6 Å². The molecule has 2 N–H and O–H groups in total. The van der Waals surface area contributed by atoms with Gasteiger partial charge in [0.25, 0.3) is 10.2 Å². The first-order valence-electron chi connectivity index (χ1n) is 7.32. The van der Waals surface area contributed by atoms with E-state index in [1.54, 1.807) is 12.3 Å². The maximum Gasteiger partial charge on any atom is 0.279 e. The third kappa shape index (κ3) is 4.99. The van der Waals surface area contributed by atoms with Crippen molar-refractivity contribution in [3.05, 3.63) is 24.3 Å². The van der Waals surface area contributed by atoms with Crippen molar-refractivity contribution in [2.24, 2.45) is 5.92 Å². The molecule has 21 heavy (non-hydrogen) atoms. The van der Waals surface area contributed by atoms with E-state index in [0.29, 0.717) is 24.7 Å². The molecule has 1 aliphatic heterocycles. The van der Waals surface area contributed by atoms with E-state index in [2.05, 4.69) is 26.9 Å². The fraction of sp³-hybridized carbons (Fsp3) is 0.692. The molecule has 0 radical (unpaired) electrons. The Bertz CT molecular complexity index is 515. The zero-order valence-electron chi connectivity index (χ0n) is 12.3. The van der Waals surface area contributed by atoms with Crippen molar-refractivity contribution in [2.75, 3.05) is 26.2 Å². The third-order valence-electron chi connectivity index (χ3n) is 3.68. The summed E-state index contributed by atoms with van der Waals surface area (Å²) in [6.45, 7) is 5.36. The second-order valence-electron chi connectivity index (χ2n) is 5.18. The Morgan fingerprint density at radius 2 is 2.14 bits per heavy atom. The molecule has 7 nitrogen and oxygen atoms in total. The molecule has 0 spiro atoms. The lowest BCUT2D eigenvalue weighted by atomic mass is 9.98. The first-order valence-corrected chi connectivity index (χ1v) is 8.76. The fourth-order valence-corrected chi connectivity index (χ4v) is 3.59. The molecule has 0 aliphatic carbocycles. The van der Waals surface area contributed by atoms with Gasteiger partial charge in [-0.2, -0.15) is 17.4 Å². The predicted octanol–water partition coefficient (Wildman–Crippen LogP) is 0.133. The molecular formula is C13H23N5O2S. The van der Waals surface area contributed by atoms with Crippen molar-refractivity contribution in [3.63, 3.8) is 0 Å². The Morgan fingerprint density at radius 1 is 1.38 bits per heavy atom. The van der Waals surface area contributed by atoms with Crippen molar-refractivity contribution in [1.29, 1.82) is 0 Å². The summed E-state index contributed by atoms with van der Waals surface area (Å²) >= 11 is 0. The number of nitrogens with one attached hydrogen (secondary N) is 2. The van der Waals surface area contributed by atoms with Gasteiger partial charge >= 0.3 is 0 Å². The lowest BCUT2D eigenvalue weighted by Crippen LogP contribution is -2.45. The van der Waals surface area contributed by atoms with Gasteiger partial charge in [-0.25, -0.2) is 9.97 Å². The van der Waals surface area contributed by atoms with Crippen LogP contribution in [0.25, 0.3) is 0 Å². The third-order valence-corrected chi connectivity index (χ3v) is 5.23. The highest BCUT2D eigenvalue weighted by Crippen LogP contribution is 2.18. The standard InChI is InChI=1S/C13H23N5O2S/c1-2-14-9-12-4-7-18(8-5-12)21(19,20)17-10-13-3-6-15-11-16-13/h3,6,11-12,14,17H,2,4-5,7-10H2,1H3. The van der Waals surface area contributed by atoms with Crippen LogP contribution in [0.1, 0.15) is 25.5 Å². The summed E-state index contributed by atoms with van der Waals surface area (Å²) in [7, 11) is -3.42. The lowest BCUT2D eigenvalue weighted by molar-refractivity contribution is 0.266. The van der Waals surface area contributed by atoms with Crippen LogP contribution in [-0.2, 0) is 16.8 Å². The first kappa shape index (κ1) is 16.3. The van der Waals surface area contributed by atoms with Crippen LogP contribution in [-0.4, -0.2) is 48.9 Å². The molecule has 0 aromatic carbocycles. The summed E-state index contributed by atoms with van der Waals surface area (Å²) < 4.78 is 28.6. The number of piperidine rings is 1. The molecule has 1 aromatic heterocycles. The van der Waals surface area contributed by atoms with Gasteiger partial charge in [-0.1, -0.05) is 6.92 Å². The molecule has 2 rings (SSSR count). The van der Waals surface area contributed by atoms with Crippen LogP contribution in [0.3, 0.4) is 0 Å². The number of hydrogen-bond donors (Lipinski definition) is 2. The van der Waals surface area contributed by atoms with E-state index in [1.807, 2.05) is 0 Å². The van der Waals surface area contributed by atoms with E-state index >= 15 is 0 Å². The average molecular weight is 313 g/mol. The molecule has 118 valence electrons. The van der Waals surface area contributed by atoms with Crippen LogP contribution in [0.5, 0.6) is 0 Å². The van der Waals surface area contributed by atoms with Crippen LogP contribution >= 0.6 is 0 Å². The molecule has 0 amide bonds. The van der Waals surface area contributed by atoms with E-state index in [0.717, 1.165) is 25.9 Å². The summed E-state index contributed by atoms with van der Waals surface area (Å²) in [5.41, 5.74) is 0.663. The molecule has 1 saturated heterocycles. The Morgan fingerprint density at radius 3 is 2.76 bits per heavy atom. The van der Waals surface area contributed by atoms with E-state index in [-0.39, 0.29) is 6.54 Å². The largest absolute Gasteiger partial charge is 0.317 e. The minimum atomic E-state index is -3.42. The normalized spacial score (nSPS) is 18.0. The number of aromatic nitrogens is 2. The highest BCUT2D eigenvalue weighted by Gasteiger charge is 2.27. The Balaban J connectivity index is 1.81. The second kappa shape index (κ2) is 7.79. The maximum atomic E-state index is 12.2. The van der Waals surface area contributed by atoms with Crippen molar-refractivity contribution in [3.8, 4) is 0 Å². The molecule has 8 heteroatoms. The molecule has 2 heterocycles. The predicted molar refractivity (Wildman–Crippen MR) is 80.6 cm³/mol. The molecule has 0 atom stereocenters. The molecule has 0 bridgehead atoms. The topological polar surface area (TPSA) is 87.2 Å². The molecule has 0 unspecified atom stereocenters. The second-order valence-corrected chi connectivity index (χ2v) is 6.93. The highest BCUT2D eigenvalue weighted by molar-refractivity contribution is 7.87. The number of rotatable bonds is 7. The Kier molecular flexibility index (Phi) is 6.04. The van der Waals surface area contributed by atoms with Gasteiger partial charge in [-0.3, -0.25) is 0 Å². The summed E-state index contributed by atoms with van der Waals surface area (Å²) in [5.74, 6) is 0.568. The number of hydrogen-bond acceptors (Lipinski definition) is 5. The summed E-state index contributed by atoms with van der Waals surface area (Å²) in [6.07, 6.45) is 4.82. The van der Waals surface area contributed by atoms with Crippen molar-refractivity contribution in [1.82, 2.24) is 24.3 Å². The van der Waals surface area contributed by atoms with Gasteiger partial charge in [0.1, 0.15) is 6.33 Å². The van der Waals surface area contributed by atoms with Gasteiger partial charge in [-0.15, -0.1) is 0 Å². The quantitative estimate of drug-likeness (QED) is 0.747. The van der Waals surface area contributed by atoms with Gasteiger partial charge in [-0.05, 0) is 37.9 Å². The van der Waals surface area contributed by atoms with Crippen molar-refractivity contribution >= 4 is 10.2 Å². The summed E-state index contributed by atoms with van der Waals surface area (Å²) in [6, 6.07) is 1.70. The lowest BCUT2D eigenvalue weighted by Gasteiger charge is -2.31. The first-order chi connectivity index (χ1) is 10.1. The minimum absolute atomic E-state index is 0.197. The van der Waals surface area contributed by atoms with E-state index in [4.69, 9.17) is 0 Å². The summed E-state index contributed by atoms with van der Waals surface area (Å²) in [4.78, 5) is 7.82. The minimum Gasteiger partial charge on any atom is -0.317 e. The Hall–Kier alpha value is -1.09. The Labute approximate surface area is 126 Å². The zero-order valence-corrected chi connectivity index (χ0v) is 13.1. The van der Waals surface area contributed by atoms with Crippen LogP contribution < -0.4 is 10.0 Å². The smallest absolute Gasteiger partial charge is 0.279 e. The zero-order chi connectivity index (χ0) is 15.1. The molecule has 1 fully saturated rings. The van der Waals surface area contributed by atoms with Crippen LogP contribution in [0, 0.1) is 5.92 Å². The molecule has 1 aromatic rings. The van der Waals surface area contributed by atoms with Crippen LogP contribution in [0.2, 0.25) is 0 Å². The summed E-state index contributed by atoms with van der Waals surface area (Å²) in [5, 5.41) is 3.32. The molecule has 1 aliphatic rings. The van der Waals surface area contributed by atoms with Gasteiger partial charge in [0.2, 0.25) is 0 Å². The van der Waals surface area contributed by atoms with Crippen molar-refractivity contribution in [2.45, 2.75) is 26.3 Å². The van der Waals surface area contributed by atoms with E-state index in [9.17, 15) is 8.42 Å². The molecular weight excluding hydrogens is 290 g/mol. The van der Waals surface area contributed by atoms with Crippen LogP contribution in [0.4, 0.5) is 0 Å². The SMILES string of the molecule is CCNCC1CCN(S(=O)(=O)NCc2ccncn2)CC1. The van der Waals surface area contributed by atoms with Gasteiger partial charge in [0.05, 0.1) is 12.2 Å². The number of nitrogens with zero attached hydrogens (tertiary/aromatic N) is 3. The highest BCUT2D eigenvalue weighted by atomic mass is 32.2. The van der Waals surface area contributed by atoms with Gasteiger partial charge in [0.15, 0.2) is 0 Å². The van der Waals surface area contributed by atoms with Crippen molar-refractivity contribution < 1.29 is 8.42 Å². The van der Waals surface area contributed by atoms with E-state index < -0.39 is 10.2 Å². The van der Waals surface area contributed by atoms with E-state index in [1.165, 1.54) is 10.6 Å². The fourth-order valence-electron chi connectivity index (χ4n) is 2.38. The average Bonchev–Trinajstić information content (AvgIpc) is 2.52.